The molecule has 1 heterocycles. The predicted molar refractivity (Wildman–Crippen MR) is 114 cm³/mol. The number of ether oxygens (including phenoxy) is 1. The number of urea groups is 1. The summed E-state index contributed by atoms with van der Waals surface area (Å²) in [4.78, 5) is 13.9. The average Bonchev–Trinajstić information content (AvgIpc) is 2.63. The summed E-state index contributed by atoms with van der Waals surface area (Å²) in [5, 5.41) is 12.5. The van der Waals surface area contributed by atoms with Crippen molar-refractivity contribution < 1.29 is 23.1 Å². The van der Waals surface area contributed by atoms with Crippen LogP contribution in [0.3, 0.4) is 0 Å². The zero-order valence-electron chi connectivity index (χ0n) is 17.4. The topological polar surface area (TPSA) is 99.2 Å². The molecule has 0 bridgehead atoms. The molecular weight excluding hydrogens is 462 g/mol. The number of aliphatic hydroxyl groups excluding tert-OH is 1. The number of halogens is 1. The maximum atomic E-state index is 13.2. The highest BCUT2D eigenvalue weighted by molar-refractivity contribution is 9.10. The van der Waals surface area contributed by atoms with E-state index in [0.717, 1.165) is 0 Å². The molecule has 3 atom stereocenters. The highest BCUT2D eigenvalue weighted by Gasteiger charge is 2.38. The lowest BCUT2D eigenvalue weighted by molar-refractivity contribution is 0.0809. The zero-order chi connectivity index (χ0) is 21.9. The van der Waals surface area contributed by atoms with Gasteiger partial charge in [0.15, 0.2) is 0 Å². The van der Waals surface area contributed by atoms with Crippen molar-refractivity contribution in [3.05, 3.63) is 22.7 Å². The van der Waals surface area contributed by atoms with Crippen molar-refractivity contribution in [1.82, 2.24) is 14.5 Å². The predicted octanol–water partition coefficient (Wildman–Crippen LogP) is 2.27. The summed E-state index contributed by atoms with van der Waals surface area (Å²) < 4.78 is 34.6. The van der Waals surface area contributed by atoms with Gasteiger partial charge in [-0.1, -0.05) is 22.9 Å². The fraction of sp³-hybridized carbons (Fsp3) is 0.632. The Kier molecular flexibility index (Phi) is 7.94. The number of nitrogens with one attached hydrogen (secondary N) is 1. The molecule has 0 saturated heterocycles. The molecule has 0 unspecified atom stereocenters. The van der Waals surface area contributed by atoms with Gasteiger partial charge in [-0.3, -0.25) is 0 Å². The van der Waals surface area contributed by atoms with Crippen molar-refractivity contribution in [2.45, 2.75) is 50.8 Å². The van der Waals surface area contributed by atoms with Crippen molar-refractivity contribution in [3.8, 4) is 5.75 Å². The van der Waals surface area contributed by atoms with Crippen molar-refractivity contribution in [1.29, 1.82) is 0 Å². The SMILES string of the molecule is CC(C)NC(=O)N(C)C[C@H]1Oc2cc(Br)ccc2S(=O)(=O)N([C@@H](C)CO)C[C@@H]1C. The molecule has 1 aliphatic heterocycles. The highest BCUT2D eigenvalue weighted by atomic mass is 79.9. The van der Waals surface area contributed by atoms with Gasteiger partial charge in [0.05, 0.1) is 13.2 Å². The Morgan fingerprint density at radius 2 is 2.07 bits per heavy atom. The number of carbonyl (C=O) groups is 1. The quantitative estimate of drug-likeness (QED) is 0.657. The van der Waals surface area contributed by atoms with Crippen LogP contribution in [-0.4, -0.2) is 73.7 Å². The van der Waals surface area contributed by atoms with Gasteiger partial charge >= 0.3 is 6.03 Å². The summed E-state index contributed by atoms with van der Waals surface area (Å²) in [6.45, 7) is 7.48. The number of likely N-dealkylation sites (N-methyl/N-ethyl adjacent to an activating group) is 1. The standard InChI is InChI=1S/C19H30BrN3O5S/c1-12(2)21-19(25)22(5)10-17-13(3)9-23(14(4)11-24)29(26,27)18-7-6-15(20)8-16(18)28-17/h6-8,12-14,17,24H,9-11H2,1-5H3,(H,21,25)/t13-,14-,17+/m0/s1. The first kappa shape index (κ1) is 23.9. The third kappa shape index (κ3) is 5.62. The third-order valence-corrected chi connectivity index (χ3v) is 7.35. The van der Waals surface area contributed by atoms with Gasteiger partial charge in [0.2, 0.25) is 10.0 Å². The van der Waals surface area contributed by atoms with Gasteiger partial charge in [0, 0.05) is 36.1 Å². The molecular formula is C19H30BrN3O5S. The Balaban J connectivity index is 2.43. The number of sulfonamides is 1. The number of amides is 2. The number of aliphatic hydroxyl groups is 1. The minimum absolute atomic E-state index is 0.00310. The second kappa shape index (κ2) is 9.63. The molecule has 0 saturated carbocycles. The molecule has 164 valence electrons. The first-order valence-electron chi connectivity index (χ1n) is 9.57. The van der Waals surface area contributed by atoms with Gasteiger partial charge in [0.1, 0.15) is 16.7 Å². The number of hydrogen-bond donors (Lipinski definition) is 2. The van der Waals surface area contributed by atoms with Crippen LogP contribution in [0.25, 0.3) is 0 Å². The number of hydrogen-bond acceptors (Lipinski definition) is 5. The maximum Gasteiger partial charge on any atom is 0.317 e. The summed E-state index contributed by atoms with van der Waals surface area (Å²) in [7, 11) is -2.17. The summed E-state index contributed by atoms with van der Waals surface area (Å²) >= 11 is 3.36. The lowest BCUT2D eigenvalue weighted by atomic mass is 10.0. The highest BCUT2D eigenvalue weighted by Crippen LogP contribution is 2.35. The van der Waals surface area contributed by atoms with Crippen LogP contribution in [0.4, 0.5) is 4.79 Å². The summed E-state index contributed by atoms with van der Waals surface area (Å²) in [5.74, 6) is 0.00365. The molecule has 1 aliphatic rings. The number of benzene rings is 1. The van der Waals surface area contributed by atoms with Crippen LogP contribution in [0, 0.1) is 5.92 Å². The normalized spacial score (nSPS) is 22.8. The molecule has 1 aromatic rings. The second-order valence-electron chi connectivity index (χ2n) is 7.82. The molecule has 2 amide bonds. The van der Waals surface area contributed by atoms with Crippen molar-refractivity contribution in [2.75, 3.05) is 26.7 Å². The van der Waals surface area contributed by atoms with Gasteiger partial charge in [0.25, 0.3) is 0 Å². The molecule has 29 heavy (non-hydrogen) atoms. The third-order valence-electron chi connectivity index (χ3n) is 4.84. The molecule has 2 rings (SSSR count). The number of carbonyl (C=O) groups excluding carboxylic acids is 1. The Morgan fingerprint density at radius 3 is 2.66 bits per heavy atom. The van der Waals surface area contributed by atoms with Gasteiger partial charge in [-0.05, 0) is 39.0 Å². The second-order valence-corrected chi connectivity index (χ2v) is 10.6. The van der Waals surface area contributed by atoms with E-state index in [2.05, 4.69) is 21.2 Å². The molecule has 0 fully saturated rings. The summed E-state index contributed by atoms with van der Waals surface area (Å²) in [6, 6.07) is 3.95. The first-order valence-corrected chi connectivity index (χ1v) is 11.8. The molecule has 2 N–H and O–H groups in total. The number of fused-ring (bicyclic) bond motifs is 1. The summed E-state index contributed by atoms with van der Waals surface area (Å²) in [6.07, 6.45) is -0.435. The Labute approximate surface area is 181 Å². The molecule has 1 aromatic carbocycles. The van der Waals surface area contributed by atoms with Crippen molar-refractivity contribution in [2.24, 2.45) is 5.92 Å². The van der Waals surface area contributed by atoms with E-state index in [0.29, 0.717) is 4.47 Å². The van der Waals surface area contributed by atoms with E-state index in [9.17, 15) is 18.3 Å². The van der Waals surface area contributed by atoms with Crippen LogP contribution >= 0.6 is 15.9 Å². The minimum atomic E-state index is -3.85. The van der Waals surface area contributed by atoms with Crippen LogP contribution in [0.2, 0.25) is 0 Å². The monoisotopic (exact) mass is 491 g/mol. The van der Waals surface area contributed by atoms with E-state index in [-0.39, 0.29) is 48.3 Å². The average molecular weight is 492 g/mol. The van der Waals surface area contributed by atoms with Gasteiger partial charge in [-0.15, -0.1) is 0 Å². The lowest BCUT2D eigenvalue weighted by Crippen LogP contribution is -2.51. The number of nitrogens with zero attached hydrogens (tertiary/aromatic N) is 2. The van der Waals surface area contributed by atoms with Gasteiger partial charge in [-0.25, -0.2) is 13.2 Å². The van der Waals surface area contributed by atoms with Gasteiger partial charge < -0.3 is 20.1 Å². The Hall–Kier alpha value is -1.36. The van der Waals surface area contributed by atoms with Crippen molar-refractivity contribution in [3.63, 3.8) is 0 Å². The lowest BCUT2D eigenvalue weighted by Gasteiger charge is -2.37. The zero-order valence-corrected chi connectivity index (χ0v) is 19.8. The van der Waals surface area contributed by atoms with Gasteiger partial charge in [-0.2, -0.15) is 4.31 Å². The molecule has 0 radical (unpaired) electrons. The Morgan fingerprint density at radius 1 is 1.41 bits per heavy atom. The van der Waals surface area contributed by atoms with E-state index >= 15 is 0 Å². The van der Waals surface area contributed by atoms with E-state index in [1.54, 1.807) is 26.1 Å². The summed E-state index contributed by atoms with van der Waals surface area (Å²) in [5.41, 5.74) is 0. The fourth-order valence-corrected chi connectivity index (χ4v) is 5.29. The fourth-order valence-electron chi connectivity index (χ4n) is 3.13. The van der Waals surface area contributed by atoms with E-state index < -0.39 is 22.2 Å². The first-order chi connectivity index (χ1) is 13.5. The Bertz CT molecular complexity index is 833. The maximum absolute atomic E-state index is 13.2. The largest absolute Gasteiger partial charge is 0.487 e. The van der Waals surface area contributed by atoms with Crippen molar-refractivity contribution >= 4 is 32.0 Å². The van der Waals surface area contributed by atoms with Crippen LogP contribution in [0.5, 0.6) is 5.75 Å². The smallest absolute Gasteiger partial charge is 0.317 e. The molecule has 10 heteroatoms. The van der Waals surface area contributed by atoms with E-state index in [1.807, 2.05) is 20.8 Å². The van der Waals surface area contributed by atoms with Crippen LogP contribution < -0.4 is 10.1 Å². The van der Waals surface area contributed by atoms with Crippen LogP contribution in [0.1, 0.15) is 27.7 Å². The van der Waals surface area contributed by atoms with Crippen LogP contribution in [0.15, 0.2) is 27.6 Å². The minimum Gasteiger partial charge on any atom is -0.487 e. The van der Waals surface area contributed by atoms with Crippen LogP contribution in [-0.2, 0) is 10.0 Å². The van der Waals surface area contributed by atoms with E-state index in [4.69, 9.17) is 4.74 Å². The molecule has 0 aromatic heterocycles. The molecule has 8 nitrogen and oxygen atoms in total. The van der Waals surface area contributed by atoms with E-state index in [1.165, 1.54) is 15.3 Å². The molecule has 0 spiro atoms. The number of rotatable bonds is 5. The molecule has 0 aliphatic carbocycles.